The fourth-order valence-electron chi connectivity index (χ4n) is 2.45. The van der Waals surface area contributed by atoms with Gasteiger partial charge in [0.05, 0.1) is 10.3 Å². The lowest BCUT2D eigenvalue weighted by atomic mass is 10.1. The number of ketones is 1. The zero-order valence-electron chi connectivity index (χ0n) is 12.8. The molecule has 0 radical (unpaired) electrons. The predicted octanol–water partition coefficient (Wildman–Crippen LogP) is 4.07. The number of rotatable bonds is 3. The van der Waals surface area contributed by atoms with Gasteiger partial charge in [-0.05, 0) is 25.1 Å². The van der Waals surface area contributed by atoms with E-state index in [1.165, 1.54) is 11.3 Å². The predicted molar refractivity (Wildman–Crippen MR) is 94.1 cm³/mol. The molecule has 0 bridgehead atoms. The van der Waals surface area contributed by atoms with Crippen molar-refractivity contribution in [3.63, 3.8) is 0 Å². The number of carbonyl (C=O) groups is 1. The monoisotopic (exact) mass is 335 g/mol. The van der Waals surface area contributed by atoms with Gasteiger partial charge in [0.15, 0.2) is 11.6 Å². The third kappa shape index (κ3) is 2.47. The number of furan rings is 1. The summed E-state index contributed by atoms with van der Waals surface area (Å²) in [5.74, 6) is 2.05. The summed E-state index contributed by atoms with van der Waals surface area (Å²) in [6.45, 7) is 1.85. The molecule has 3 aromatic heterocycles. The third-order valence-electron chi connectivity index (χ3n) is 3.64. The molecule has 0 atom stereocenters. The zero-order chi connectivity index (χ0) is 16.7. The topological polar surface area (TPSA) is 82.0 Å². The SMILES string of the molecule is Cc1ccc(-c2nc(N)c3cc(C(=O)c4ccccc4)sc3n2)o1. The van der Waals surface area contributed by atoms with Crippen LogP contribution in [0.5, 0.6) is 0 Å². The van der Waals surface area contributed by atoms with Crippen molar-refractivity contribution in [1.29, 1.82) is 0 Å². The van der Waals surface area contributed by atoms with E-state index in [0.717, 1.165) is 5.76 Å². The van der Waals surface area contributed by atoms with Crippen molar-refractivity contribution in [2.75, 3.05) is 5.73 Å². The summed E-state index contributed by atoms with van der Waals surface area (Å²) in [5.41, 5.74) is 6.69. The molecular weight excluding hydrogens is 322 g/mol. The summed E-state index contributed by atoms with van der Waals surface area (Å²) in [6.07, 6.45) is 0. The van der Waals surface area contributed by atoms with E-state index in [1.807, 2.05) is 31.2 Å². The molecule has 0 unspecified atom stereocenters. The summed E-state index contributed by atoms with van der Waals surface area (Å²) in [4.78, 5) is 22.6. The molecule has 118 valence electrons. The maximum Gasteiger partial charge on any atom is 0.203 e. The highest BCUT2D eigenvalue weighted by atomic mass is 32.1. The second-order valence-electron chi connectivity index (χ2n) is 5.37. The Hall–Kier alpha value is -2.99. The van der Waals surface area contributed by atoms with Crippen LogP contribution >= 0.6 is 11.3 Å². The van der Waals surface area contributed by atoms with Crippen LogP contribution in [-0.2, 0) is 0 Å². The van der Waals surface area contributed by atoms with E-state index in [2.05, 4.69) is 9.97 Å². The lowest BCUT2D eigenvalue weighted by Crippen LogP contribution is -1.97. The van der Waals surface area contributed by atoms with E-state index in [-0.39, 0.29) is 5.78 Å². The van der Waals surface area contributed by atoms with Crippen LogP contribution < -0.4 is 5.73 Å². The molecular formula is C18H13N3O2S. The standard InChI is InChI=1S/C18H13N3O2S/c1-10-7-8-13(23-10)17-20-16(19)12-9-14(24-18(12)21-17)15(22)11-5-3-2-4-6-11/h2-9H,1H3,(H2,19,20,21). The van der Waals surface area contributed by atoms with Crippen molar-refractivity contribution < 1.29 is 9.21 Å². The molecule has 0 aliphatic carbocycles. The molecule has 0 aliphatic heterocycles. The minimum atomic E-state index is -0.0478. The van der Waals surface area contributed by atoms with E-state index < -0.39 is 0 Å². The Balaban J connectivity index is 1.81. The van der Waals surface area contributed by atoms with Gasteiger partial charge in [-0.15, -0.1) is 11.3 Å². The largest absolute Gasteiger partial charge is 0.458 e. The molecule has 0 amide bonds. The van der Waals surface area contributed by atoms with Crippen molar-refractivity contribution >= 4 is 33.2 Å². The average molecular weight is 335 g/mol. The van der Waals surface area contributed by atoms with Gasteiger partial charge < -0.3 is 10.2 Å². The summed E-state index contributed by atoms with van der Waals surface area (Å²) in [5, 5.41) is 0.686. The fourth-order valence-corrected chi connectivity index (χ4v) is 3.45. The first-order valence-corrected chi connectivity index (χ1v) is 8.17. The van der Waals surface area contributed by atoms with E-state index >= 15 is 0 Å². The Kier molecular flexibility index (Phi) is 3.39. The summed E-state index contributed by atoms with van der Waals surface area (Å²) < 4.78 is 5.55. The van der Waals surface area contributed by atoms with E-state index in [1.54, 1.807) is 24.3 Å². The number of anilines is 1. The fraction of sp³-hybridized carbons (Fsp3) is 0.0556. The molecule has 6 heteroatoms. The molecule has 24 heavy (non-hydrogen) atoms. The third-order valence-corrected chi connectivity index (χ3v) is 4.67. The highest BCUT2D eigenvalue weighted by Gasteiger charge is 2.17. The lowest BCUT2D eigenvalue weighted by molar-refractivity contribution is 0.104. The van der Waals surface area contributed by atoms with Gasteiger partial charge in [0.2, 0.25) is 5.78 Å². The first-order valence-electron chi connectivity index (χ1n) is 7.35. The number of aryl methyl sites for hydroxylation is 1. The van der Waals surface area contributed by atoms with Gasteiger partial charge >= 0.3 is 0 Å². The van der Waals surface area contributed by atoms with Gasteiger partial charge in [0.25, 0.3) is 0 Å². The Morgan fingerprint density at radius 2 is 1.92 bits per heavy atom. The number of hydrogen-bond donors (Lipinski definition) is 1. The van der Waals surface area contributed by atoms with Gasteiger partial charge in [0.1, 0.15) is 16.4 Å². The summed E-state index contributed by atoms with van der Waals surface area (Å²) in [7, 11) is 0. The first kappa shape index (κ1) is 14.6. The number of hydrogen-bond acceptors (Lipinski definition) is 6. The number of nitrogen functional groups attached to an aromatic ring is 1. The lowest BCUT2D eigenvalue weighted by Gasteiger charge is -1.99. The van der Waals surface area contributed by atoms with Gasteiger partial charge in [-0.2, -0.15) is 0 Å². The Bertz CT molecular complexity index is 1050. The van der Waals surface area contributed by atoms with Gasteiger partial charge in [-0.3, -0.25) is 4.79 Å². The molecule has 0 saturated heterocycles. The average Bonchev–Trinajstić information content (AvgIpc) is 3.21. The molecule has 0 fully saturated rings. The first-order chi connectivity index (χ1) is 11.6. The normalized spacial score (nSPS) is 11.0. The van der Waals surface area contributed by atoms with E-state index in [0.29, 0.717) is 38.1 Å². The maximum absolute atomic E-state index is 12.6. The second kappa shape index (κ2) is 5.58. The molecule has 4 rings (SSSR count). The number of benzene rings is 1. The number of thiophene rings is 1. The maximum atomic E-state index is 12.6. The van der Waals surface area contributed by atoms with E-state index in [9.17, 15) is 4.79 Å². The van der Waals surface area contributed by atoms with Gasteiger partial charge in [0, 0.05) is 5.56 Å². The van der Waals surface area contributed by atoms with Crippen LogP contribution in [0.25, 0.3) is 21.8 Å². The summed E-state index contributed by atoms with van der Waals surface area (Å²) >= 11 is 1.31. The van der Waals surface area contributed by atoms with E-state index in [4.69, 9.17) is 10.2 Å². The number of fused-ring (bicyclic) bond motifs is 1. The molecule has 0 saturated carbocycles. The van der Waals surface area contributed by atoms with Crippen molar-refractivity contribution in [2.45, 2.75) is 6.92 Å². The highest BCUT2D eigenvalue weighted by molar-refractivity contribution is 7.20. The van der Waals surface area contributed by atoms with Gasteiger partial charge in [-0.25, -0.2) is 9.97 Å². The smallest absolute Gasteiger partial charge is 0.203 e. The Labute approximate surface area is 141 Å². The number of aromatic nitrogens is 2. The molecule has 5 nitrogen and oxygen atoms in total. The number of carbonyl (C=O) groups excluding carboxylic acids is 1. The molecule has 0 spiro atoms. The van der Waals surface area contributed by atoms with Crippen LogP contribution in [0.15, 0.2) is 52.9 Å². The minimum absolute atomic E-state index is 0.0478. The van der Waals surface area contributed by atoms with Crippen LogP contribution in [0.1, 0.15) is 21.0 Å². The molecule has 2 N–H and O–H groups in total. The van der Waals surface area contributed by atoms with Crippen LogP contribution in [0.2, 0.25) is 0 Å². The minimum Gasteiger partial charge on any atom is -0.458 e. The molecule has 0 aliphatic rings. The molecule has 1 aromatic carbocycles. The van der Waals surface area contributed by atoms with Crippen molar-refractivity contribution in [2.24, 2.45) is 0 Å². The van der Waals surface area contributed by atoms with Crippen molar-refractivity contribution in [3.8, 4) is 11.6 Å². The quantitative estimate of drug-likeness (QED) is 0.571. The van der Waals surface area contributed by atoms with Crippen LogP contribution in [0.3, 0.4) is 0 Å². The van der Waals surface area contributed by atoms with Crippen LogP contribution in [-0.4, -0.2) is 15.8 Å². The Morgan fingerprint density at radius 1 is 1.12 bits per heavy atom. The van der Waals surface area contributed by atoms with Gasteiger partial charge in [-0.1, -0.05) is 30.3 Å². The highest BCUT2D eigenvalue weighted by Crippen LogP contribution is 2.31. The molecule has 4 aromatic rings. The Morgan fingerprint density at radius 3 is 2.62 bits per heavy atom. The van der Waals surface area contributed by atoms with Crippen molar-refractivity contribution in [1.82, 2.24) is 9.97 Å². The second-order valence-corrected chi connectivity index (χ2v) is 6.40. The number of nitrogens with zero attached hydrogens (tertiary/aromatic N) is 2. The van der Waals surface area contributed by atoms with Crippen molar-refractivity contribution in [3.05, 3.63) is 64.7 Å². The number of nitrogens with two attached hydrogens (primary N) is 1. The van der Waals surface area contributed by atoms with Crippen LogP contribution in [0, 0.1) is 6.92 Å². The zero-order valence-corrected chi connectivity index (χ0v) is 13.6. The van der Waals surface area contributed by atoms with Crippen LogP contribution in [0.4, 0.5) is 5.82 Å². The summed E-state index contributed by atoms with van der Waals surface area (Å²) in [6, 6.07) is 14.5. The molecule has 3 heterocycles.